The van der Waals surface area contributed by atoms with Crippen LogP contribution in [0.4, 0.5) is 21.6 Å². The van der Waals surface area contributed by atoms with Crippen LogP contribution in [-0.2, 0) is 0 Å². The first-order valence-corrected chi connectivity index (χ1v) is 12.4. The summed E-state index contributed by atoms with van der Waals surface area (Å²) in [4.78, 5) is 21.8. The van der Waals surface area contributed by atoms with Crippen LogP contribution in [-0.4, -0.2) is 45.3 Å². The Morgan fingerprint density at radius 3 is 2.73 bits per heavy atom. The first-order chi connectivity index (χ1) is 16.0. The number of aliphatic hydroxyl groups is 1. The summed E-state index contributed by atoms with van der Waals surface area (Å²) < 4.78 is 15.4. The maximum absolute atomic E-state index is 14.4. The minimum Gasteiger partial charge on any atom is -0.393 e. The van der Waals surface area contributed by atoms with Crippen molar-refractivity contribution in [2.45, 2.75) is 69.3 Å². The lowest BCUT2D eigenvalue weighted by Crippen LogP contribution is -2.39. The van der Waals surface area contributed by atoms with Crippen molar-refractivity contribution in [3.8, 4) is 0 Å². The summed E-state index contributed by atoms with van der Waals surface area (Å²) in [5, 5.41) is 19.4. The van der Waals surface area contributed by atoms with Gasteiger partial charge in [0.2, 0.25) is 0 Å². The largest absolute Gasteiger partial charge is 0.393 e. The third-order valence-electron chi connectivity index (χ3n) is 6.56. The fourth-order valence-electron chi connectivity index (χ4n) is 4.67. The first kappa shape index (κ1) is 22.0. The molecule has 2 heterocycles. The number of aromatic nitrogens is 2. The Bertz CT molecular complexity index is 1130. The highest BCUT2D eigenvalue weighted by atomic mass is 32.1. The second-order valence-electron chi connectivity index (χ2n) is 8.95. The molecule has 9 heteroatoms. The number of hydrogen-bond donors (Lipinski definition) is 4. The van der Waals surface area contributed by atoms with Crippen molar-refractivity contribution in [1.29, 1.82) is 0 Å². The molecule has 4 N–H and O–H groups in total. The van der Waals surface area contributed by atoms with Crippen LogP contribution >= 0.6 is 11.3 Å². The molecule has 0 bridgehead atoms. The van der Waals surface area contributed by atoms with Gasteiger partial charge in [-0.05, 0) is 63.1 Å². The third kappa shape index (κ3) is 5.09. The maximum atomic E-state index is 14.4. The Balaban J connectivity index is 1.37. The quantitative estimate of drug-likeness (QED) is 0.415. The molecule has 2 aromatic heterocycles. The average Bonchev–Trinajstić information content (AvgIpc) is 3.44. The predicted octanol–water partition coefficient (Wildman–Crippen LogP) is 4.77. The van der Waals surface area contributed by atoms with Crippen molar-refractivity contribution in [3.05, 3.63) is 41.5 Å². The minimum absolute atomic E-state index is 0.0260. The molecule has 2 aliphatic carbocycles. The van der Waals surface area contributed by atoms with E-state index in [1.807, 2.05) is 23.7 Å². The lowest BCUT2D eigenvalue weighted by Gasteiger charge is -2.27. The fraction of sp³-hybridized carbons (Fsp3) is 0.458. The van der Waals surface area contributed by atoms with E-state index in [0.717, 1.165) is 41.6 Å². The number of nitrogens with one attached hydrogen (secondary N) is 3. The standard InChI is InChI=1S/C24H28FN5O2S/c25-18-2-1-3-19(18)30-21-11-23(28-15-6-9-20-22(10-15)33-13-27-20)26-12-17(21)24(32)29-14-4-7-16(31)8-5-14/h6,9-14,16,18-19,31H,1-5,7-8H2,(H,29,32)(H2,26,28,30). The van der Waals surface area contributed by atoms with E-state index in [4.69, 9.17) is 0 Å². The zero-order valence-electron chi connectivity index (χ0n) is 18.3. The predicted molar refractivity (Wildman–Crippen MR) is 129 cm³/mol. The highest BCUT2D eigenvalue weighted by molar-refractivity contribution is 7.16. The lowest BCUT2D eigenvalue weighted by atomic mass is 9.93. The normalized spacial score (nSPS) is 25.2. The summed E-state index contributed by atoms with van der Waals surface area (Å²) in [7, 11) is 0. The van der Waals surface area contributed by atoms with Crippen molar-refractivity contribution in [2.75, 3.05) is 10.6 Å². The summed E-state index contributed by atoms with van der Waals surface area (Å²) in [6.07, 6.45) is 5.30. The van der Waals surface area contributed by atoms with Crippen LogP contribution in [0.2, 0.25) is 0 Å². The molecule has 0 saturated heterocycles. The van der Waals surface area contributed by atoms with Gasteiger partial charge in [0.15, 0.2) is 0 Å². The molecule has 5 rings (SSSR count). The monoisotopic (exact) mass is 469 g/mol. The Morgan fingerprint density at radius 2 is 1.94 bits per heavy atom. The number of carbonyl (C=O) groups is 1. The second kappa shape index (κ2) is 9.61. The number of nitrogens with zero attached hydrogens (tertiary/aromatic N) is 2. The number of benzene rings is 1. The second-order valence-corrected chi connectivity index (χ2v) is 9.84. The molecular formula is C24H28FN5O2S. The van der Waals surface area contributed by atoms with Gasteiger partial charge in [-0.3, -0.25) is 4.79 Å². The molecule has 7 nitrogen and oxygen atoms in total. The van der Waals surface area contributed by atoms with Crippen LogP contribution < -0.4 is 16.0 Å². The van der Waals surface area contributed by atoms with Crippen LogP contribution in [0.15, 0.2) is 36.0 Å². The Labute approximate surface area is 195 Å². The van der Waals surface area contributed by atoms with Crippen molar-refractivity contribution in [3.63, 3.8) is 0 Å². The van der Waals surface area contributed by atoms with Crippen LogP contribution in [0.25, 0.3) is 10.2 Å². The van der Waals surface area contributed by atoms with E-state index in [1.165, 1.54) is 0 Å². The molecular weight excluding hydrogens is 441 g/mol. The number of fused-ring (bicyclic) bond motifs is 1. The SMILES string of the molecule is O=C(NC1CCC(O)CC1)c1cnc(Nc2ccc3ncsc3c2)cc1NC1CCCC1F. The van der Waals surface area contributed by atoms with Gasteiger partial charge in [-0.1, -0.05) is 0 Å². The molecule has 2 saturated carbocycles. The summed E-state index contributed by atoms with van der Waals surface area (Å²) in [5.41, 5.74) is 4.60. The zero-order chi connectivity index (χ0) is 22.8. The van der Waals surface area contributed by atoms with E-state index < -0.39 is 6.17 Å². The van der Waals surface area contributed by atoms with Gasteiger partial charge in [-0.2, -0.15) is 0 Å². The molecule has 33 heavy (non-hydrogen) atoms. The van der Waals surface area contributed by atoms with Crippen LogP contribution in [0, 0.1) is 0 Å². The molecule has 1 amide bonds. The third-order valence-corrected chi connectivity index (χ3v) is 7.35. The number of halogens is 1. The molecule has 1 aromatic carbocycles. The van der Waals surface area contributed by atoms with E-state index in [1.54, 1.807) is 23.6 Å². The van der Waals surface area contributed by atoms with E-state index in [2.05, 4.69) is 25.9 Å². The molecule has 3 aromatic rings. The molecule has 0 aliphatic heterocycles. The Hall–Kier alpha value is -2.78. The van der Waals surface area contributed by atoms with Crippen LogP contribution in [0.3, 0.4) is 0 Å². The van der Waals surface area contributed by atoms with Gasteiger partial charge in [-0.15, -0.1) is 11.3 Å². The van der Waals surface area contributed by atoms with Gasteiger partial charge in [0.05, 0.1) is 39.1 Å². The lowest BCUT2D eigenvalue weighted by molar-refractivity contribution is 0.0868. The van der Waals surface area contributed by atoms with Crippen molar-refractivity contribution in [2.24, 2.45) is 0 Å². The molecule has 2 atom stereocenters. The topological polar surface area (TPSA) is 99.2 Å². The fourth-order valence-corrected chi connectivity index (χ4v) is 5.38. The number of aliphatic hydroxyl groups excluding tert-OH is 1. The van der Waals surface area contributed by atoms with Crippen molar-refractivity contribution >= 4 is 44.7 Å². The highest BCUT2D eigenvalue weighted by Crippen LogP contribution is 2.30. The average molecular weight is 470 g/mol. The van der Waals surface area contributed by atoms with E-state index in [-0.39, 0.29) is 24.1 Å². The summed E-state index contributed by atoms with van der Waals surface area (Å²) in [6.45, 7) is 0. The Morgan fingerprint density at radius 1 is 1.09 bits per heavy atom. The number of pyridine rings is 1. The van der Waals surface area contributed by atoms with Gasteiger partial charge < -0.3 is 21.1 Å². The maximum Gasteiger partial charge on any atom is 0.255 e. The molecule has 2 aliphatic rings. The number of carbonyl (C=O) groups excluding carboxylic acids is 1. The Kier molecular flexibility index (Phi) is 6.41. The molecule has 174 valence electrons. The number of hydrogen-bond acceptors (Lipinski definition) is 7. The molecule has 0 spiro atoms. The van der Waals surface area contributed by atoms with E-state index in [0.29, 0.717) is 36.3 Å². The summed E-state index contributed by atoms with van der Waals surface area (Å²) in [6, 6.07) is 7.38. The molecule has 0 radical (unpaired) electrons. The van der Waals surface area contributed by atoms with Crippen LogP contribution in [0.1, 0.15) is 55.3 Å². The van der Waals surface area contributed by atoms with E-state index >= 15 is 0 Å². The van der Waals surface area contributed by atoms with Crippen molar-refractivity contribution < 1.29 is 14.3 Å². The molecule has 2 unspecified atom stereocenters. The number of anilines is 3. The zero-order valence-corrected chi connectivity index (χ0v) is 19.1. The first-order valence-electron chi connectivity index (χ1n) is 11.5. The van der Waals surface area contributed by atoms with Crippen molar-refractivity contribution in [1.82, 2.24) is 15.3 Å². The number of alkyl halides is 1. The van der Waals surface area contributed by atoms with Gasteiger partial charge >= 0.3 is 0 Å². The number of thiazole rings is 1. The summed E-state index contributed by atoms with van der Waals surface area (Å²) >= 11 is 1.57. The van der Waals surface area contributed by atoms with E-state index in [9.17, 15) is 14.3 Å². The van der Waals surface area contributed by atoms with Crippen LogP contribution in [0.5, 0.6) is 0 Å². The highest BCUT2D eigenvalue weighted by Gasteiger charge is 2.29. The van der Waals surface area contributed by atoms with Gasteiger partial charge in [0.1, 0.15) is 12.0 Å². The minimum atomic E-state index is -0.931. The number of amides is 1. The smallest absolute Gasteiger partial charge is 0.255 e. The van der Waals surface area contributed by atoms with Gasteiger partial charge in [0.25, 0.3) is 5.91 Å². The summed E-state index contributed by atoms with van der Waals surface area (Å²) in [5.74, 6) is 0.351. The molecule has 2 fully saturated rings. The number of rotatable bonds is 6. The van der Waals surface area contributed by atoms with Gasteiger partial charge in [-0.25, -0.2) is 14.4 Å². The van der Waals surface area contributed by atoms with Gasteiger partial charge in [0, 0.05) is 24.0 Å².